The van der Waals surface area contributed by atoms with Crippen molar-refractivity contribution in [3.63, 3.8) is 0 Å². The van der Waals surface area contributed by atoms with E-state index < -0.39 is 0 Å². The molecule has 106 valence electrons. The minimum Gasteiger partial charge on any atom is -0.491 e. The van der Waals surface area contributed by atoms with Crippen molar-refractivity contribution < 1.29 is 4.74 Å². The Morgan fingerprint density at radius 2 is 1.80 bits per heavy atom. The van der Waals surface area contributed by atoms with Crippen LogP contribution >= 0.6 is 0 Å². The summed E-state index contributed by atoms with van der Waals surface area (Å²) < 4.78 is 5.74. The molecule has 0 radical (unpaired) electrons. The van der Waals surface area contributed by atoms with Crippen LogP contribution in [0.15, 0.2) is 48.5 Å². The molecule has 0 aromatic heterocycles. The van der Waals surface area contributed by atoms with Gasteiger partial charge in [-0.2, -0.15) is 0 Å². The molecule has 2 rings (SSSR count). The fourth-order valence-corrected chi connectivity index (χ4v) is 2.39. The van der Waals surface area contributed by atoms with Crippen LogP contribution in [-0.4, -0.2) is 6.10 Å². The van der Waals surface area contributed by atoms with E-state index in [0.29, 0.717) is 0 Å². The van der Waals surface area contributed by atoms with Gasteiger partial charge in [0.2, 0.25) is 0 Å². The van der Waals surface area contributed by atoms with Crippen LogP contribution in [0.5, 0.6) is 5.75 Å². The zero-order valence-corrected chi connectivity index (χ0v) is 12.5. The molecule has 0 aliphatic heterocycles. The molecule has 0 bridgehead atoms. The van der Waals surface area contributed by atoms with Gasteiger partial charge in [-0.25, -0.2) is 0 Å². The first-order valence-electron chi connectivity index (χ1n) is 7.21. The Balaban J connectivity index is 2.30. The van der Waals surface area contributed by atoms with E-state index >= 15 is 0 Å². The molecule has 0 saturated heterocycles. The average molecular weight is 269 g/mol. The summed E-state index contributed by atoms with van der Waals surface area (Å²) in [7, 11) is 0. The topological polar surface area (TPSA) is 35.2 Å². The molecule has 1 unspecified atom stereocenters. The summed E-state index contributed by atoms with van der Waals surface area (Å²) in [6.07, 6.45) is 1.16. The Bertz CT molecular complexity index is 563. The molecule has 0 aliphatic rings. The van der Waals surface area contributed by atoms with Gasteiger partial charge in [0.05, 0.1) is 12.1 Å². The monoisotopic (exact) mass is 269 g/mol. The third kappa shape index (κ3) is 3.40. The quantitative estimate of drug-likeness (QED) is 0.887. The van der Waals surface area contributed by atoms with E-state index in [-0.39, 0.29) is 12.1 Å². The number of nitrogens with two attached hydrogens (primary N) is 1. The van der Waals surface area contributed by atoms with Crippen molar-refractivity contribution in [2.45, 2.75) is 39.3 Å². The highest BCUT2D eigenvalue weighted by molar-refractivity contribution is 5.40. The van der Waals surface area contributed by atoms with Crippen LogP contribution in [-0.2, 0) is 6.42 Å². The molecule has 0 fully saturated rings. The van der Waals surface area contributed by atoms with Crippen LogP contribution in [0.3, 0.4) is 0 Å². The molecular formula is C18H23NO. The maximum absolute atomic E-state index is 6.44. The lowest BCUT2D eigenvalue weighted by molar-refractivity contribution is 0.242. The third-order valence-corrected chi connectivity index (χ3v) is 3.36. The van der Waals surface area contributed by atoms with E-state index in [4.69, 9.17) is 10.5 Å². The van der Waals surface area contributed by atoms with Crippen LogP contribution in [0.1, 0.15) is 43.5 Å². The molecule has 1 atom stereocenters. The molecule has 0 saturated carbocycles. The summed E-state index contributed by atoms with van der Waals surface area (Å²) >= 11 is 0. The number of benzene rings is 2. The minimum atomic E-state index is -0.109. The maximum atomic E-state index is 6.44. The van der Waals surface area contributed by atoms with Crippen LogP contribution < -0.4 is 10.5 Å². The molecule has 0 aliphatic carbocycles. The number of hydrogen-bond donors (Lipinski definition) is 1. The molecule has 2 aromatic rings. The molecular weight excluding hydrogens is 246 g/mol. The number of ether oxygens (including phenoxy) is 1. The second-order valence-electron chi connectivity index (χ2n) is 5.27. The van der Waals surface area contributed by atoms with Crippen molar-refractivity contribution in [3.8, 4) is 5.75 Å². The van der Waals surface area contributed by atoms with E-state index in [2.05, 4.69) is 31.2 Å². The highest BCUT2D eigenvalue weighted by Gasteiger charge is 2.13. The molecule has 2 N–H and O–H groups in total. The predicted octanol–water partition coefficient (Wildman–Crippen LogP) is 4.08. The zero-order chi connectivity index (χ0) is 14.5. The fraction of sp³-hybridized carbons (Fsp3) is 0.333. The Kier molecular flexibility index (Phi) is 4.80. The van der Waals surface area contributed by atoms with Gasteiger partial charge in [0.25, 0.3) is 0 Å². The van der Waals surface area contributed by atoms with Gasteiger partial charge in [0.1, 0.15) is 5.75 Å². The molecule has 0 spiro atoms. The highest BCUT2D eigenvalue weighted by Crippen LogP contribution is 2.26. The molecule has 2 aromatic carbocycles. The summed E-state index contributed by atoms with van der Waals surface area (Å²) in [6.45, 7) is 6.21. The lowest BCUT2D eigenvalue weighted by Gasteiger charge is -2.18. The van der Waals surface area contributed by atoms with Crippen molar-refractivity contribution in [1.82, 2.24) is 0 Å². The molecule has 2 heteroatoms. The Labute approximate surface area is 121 Å². The van der Waals surface area contributed by atoms with Gasteiger partial charge in [-0.05, 0) is 49.1 Å². The SMILES string of the molecule is CCc1ccccc1C(N)c1cccc(OC(C)C)c1. The van der Waals surface area contributed by atoms with Gasteiger partial charge < -0.3 is 10.5 Å². The normalized spacial score (nSPS) is 12.4. The van der Waals surface area contributed by atoms with Crippen LogP contribution in [0.25, 0.3) is 0 Å². The van der Waals surface area contributed by atoms with E-state index in [1.54, 1.807) is 0 Å². The zero-order valence-electron chi connectivity index (χ0n) is 12.5. The Hall–Kier alpha value is -1.80. The van der Waals surface area contributed by atoms with Gasteiger partial charge in [0.15, 0.2) is 0 Å². The third-order valence-electron chi connectivity index (χ3n) is 3.36. The fourth-order valence-electron chi connectivity index (χ4n) is 2.39. The van der Waals surface area contributed by atoms with Crippen LogP contribution in [0.2, 0.25) is 0 Å². The van der Waals surface area contributed by atoms with E-state index in [9.17, 15) is 0 Å². The van der Waals surface area contributed by atoms with Crippen molar-refractivity contribution in [2.75, 3.05) is 0 Å². The summed E-state index contributed by atoms with van der Waals surface area (Å²) in [5.74, 6) is 0.877. The van der Waals surface area contributed by atoms with E-state index in [0.717, 1.165) is 17.7 Å². The molecule has 20 heavy (non-hydrogen) atoms. The smallest absolute Gasteiger partial charge is 0.120 e. The van der Waals surface area contributed by atoms with E-state index in [1.807, 2.05) is 38.1 Å². The van der Waals surface area contributed by atoms with Crippen LogP contribution in [0, 0.1) is 0 Å². The Morgan fingerprint density at radius 1 is 1.05 bits per heavy atom. The van der Waals surface area contributed by atoms with E-state index in [1.165, 1.54) is 11.1 Å². The number of hydrogen-bond acceptors (Lipinski definition) is 2. The lowest BCUT2D eigenvalue weighted by atomic mass is 9.94. The largest absolute Gasteiger partial charge is 0.491 e. The molecule has 0 amide bonds. The van der Waals surface area contributed by atoms with Crippen molar-refractivity contribution in [3.05, 3.63) is 65.2 Å². The molecule has 0 heterocycles. The van der Waals surface area contributed by atoms with Gasteiger partial charge in [0, 0.05) is 0 Å². The van der Waals surface area contributed by atoms with Crippen LogP contribution in [0.4, 0.5) is 0 Å². The minimum absolute atomic E-state index is 0.109. The van der Waals surface area contributed by atoms with Crippen molar-refractivity contribution in [2.24, 2.45) is 5.73 Å². The summed E-state index contributed by atoms with van der Waals surface area (Å²) in [5, 5.41) is 0. The molecule has 2 nitrogen and oxygen atoms in total. The number of rotatable bonds is 5. The Morgan fingerprint density at radius 3 is 2.50 bits per heavy atom. The second-order valence-corrected chi connectivity index (χ2v) is 5.27. The summed E-state index contributed by atoms with van der Waals surface area (Å²) in [5.41, 5.74) is 10.0. The first-order valence-corrected chi connectivity index (χ1v) is 7.21. The second kappa shape index (κ2) is 6.58. The summed E-state index contributed by atoms with van der Waals surface area (Å²) in [4.78, 5) is 0. The van der Waals surface area contributed by atoms with Gasteiger partial charge in [-0.15, -0.1) is 0 Å². The summed E-state index contributed by atoms with van der Waals surface area (Å²) in [6, 6.07) is 16.3. The first kappa shape index (κ1) is 14.6. The predicted molar refractivity (Wildman–Crippen MR) is 84.1 cm³/mol. The lowest BCUT2D eigenvalue weighted by Crippen LogP contribution is -2.14. The van der Waals surface area contributed by atoms with Gasteiger partial charge >= 0.3 is 0 Å². The van der Waals surface area contributed by atoms with Gasteiger partial charge in [-0.3, -0.25) is 0 Å². The average Bonchev–Trinajstić information content (AvgIpc) is 2.46. The van der Waals surface area contributed by atoms with Gasteiger partial charge in [-0.1, -0.05) is 43.3 Å². The first-order chi connectivity index (χ1) is 9.61. The highest BCUT2D eigenvalue weighted by atomic mass is 16.5. The maximum Gasteiger partial charge on any atom is 0.120 e. The van der Waals surface area contributed by atoms with Crippen molar-refractivity contribution >= 4 is 0 Å². The number of aryl methyl sites for hydroxylation is 1. The standard InChI is InChI=1S/C18H23NO/c1-4-14-8-5-6-11-17(14)18(19)15-9-7-10-16(12-15)20-13(2)3/h5-13,18H,4,19H2,1-3H3. The van der Waals surface area contributed by atoms with Crippen molar-refractivity contribution in [1.29, 1.82) is 0 Å².